The molecule has 0 unspecified atom stereocenters. The Morgan fingerprint density at radius 2 is 2.00 bits per heavy atom. The molecule has 1 fully saturated rings. The second-order valence-electron chi connectivity index (χ2n) is 6.08. The number of nitrogens with two attached hydrogens (primary N) is 1. The van der Waals surface area contributed by atoms with Gasteiger partial charge >= 0.3 is 0 Å². The molecule has 0 aromatic carbocycles. The highest BCUT2D eigenvalue weighted by atomic mass is 79.9. The Bertz CT molecular complexity index is 580. The first-order valence-electron chi connectivity index (χ1n) is 6.95. The highest BCUT2D eigenvalue weighted by Crippen LogP contribution is 2.29. The van der Waals surface area contributed by atoms with Gasteiger partial charge in [-0.25, -0.2) is 8.42 Å². The average molecular weight is 396 g/mol. The normalized spacial score (nSPS) is 19.6. The van der Waals surface area contributed by atoms with Crippen LogP contribution in [0.25, 0.3) is 0 Å². The lowest BCUT2D eigenvalue weighted by atomic mass is 10.1. The first kappa shape index (κ1) is 17.4. The first-order valence-corrected chi connectivity index (χ1v) is 10.0. The van der Waals surface area contributed by atoms with Crippen molar-refractivity contribution in [3.63, 3.8) is 0 Å². The number of sulfonamides is 1. The molecule has 5 nitrogen and oxygen atoms in total. The Balaban J connectivity index is 2.06. The van der Waals surface area contributed by atoms with Crippen molar-refractivity contribution in [2.24, 2.45) is 5.73 Å². The third-order valence-electron chi connectivity index (χ3n) is 3.32. The minimum atomic E-state index is -3.37. The van der Waals surface area contributed by atoms with E-state index < -0.39 is 10.0 Å². The highest BCUT2D eigenvalue weighted by molar-refractivity contribution is 9.11. The van der Waals surface area contributed by atoms with Gasteiger partial charge in [0.25, 0.3) is 10.0 Å². The van der Waals surface area contributed by atoms with Crippen molar-refractivity contribution in [2.45, 2.75) is 30.0 Å². The van der Waals surface area contributed by atoms with Gasteiger partial charge in [-0.3, -0.25) is 0 Å². The van der Waals surface area contributed by atoms with Crippen LogP contribution in [0.2, 0.25) is 0 Å². The molecule has 1 aromatic heterocycles. The summed E-state index contributed by atoms with van der Waals surface area (Å²) >= 11 is 4.58. The van der Waals surface area contributed by atoms with Crippen LogP contribution in [0.3, 0.4) is 0 Å². The third kappa shape index (κ3) is 4.74. The van der Waals surface area contributed by atoms with Gasteiger partial charge in [-0.1, -0.05) is 0 Å². The van der Waals surface area contributed by atoms with Crippen molar-refractivity contribution in [3.05, 3.63) is 15.9 Å². The molecule has 0 radical (unpaired) electrons. The minimum absolute atomic E-state index is 0.257. The lowest BCUT2D eigenvalue weighted by Crippen LogP contribution is -2.46. The fourth-order valence-electron chi connectivity index (χ4n) is 2.49. The fourth-order valence-corrected chi connectivity index (χ4v) is 6.12. The Hall–Kier alpha value is 0.01000. The summed E-state index contributed by atoms with van der Waals surface area (Å²) in [6.07, 6.45) is 0.835. The lowest BCUT2D eigenvalue weighted by molar-refractivity contribution is 0.235. The molecule has 0 aliphatic carbocycles. The quantitative estimate of drug-likeness (QED) is 0.845. The molecule has 1 aliphatic heterocycles. The van der Waals surface area contributed by atoms with Crippen LogP contribution in [0.1, 0.15) is 20.3 Å². The summed E-state index contributed by atoms with van der Waals surface area (Å²) in [4.78, 5) is 2.25. The second kappa shape index (κ2) is 6.64. The second-order valence-corrected chi connectivity index (χ2v) is 10.7. The molecule has 1 saturated heterocycles. The van der Waals surface area contributed by atoms with Crippen molar-refractivity contribution in [1.29, 1.82) is 0 Å². The number of thiophene rings is 1. The van der Waals surface area contributed by atoms with Crippen LogP contribution < -0.4 is 5.73 Å². The predicted octanol–water partition coefficient (Wildman–Crippen LogP) is 1.94. The van der Waals surface area contributed by atoms with E-state index in [0.29, 0.717) is 17.3 Å². The Morgan fingerprint density at radius 1 is 1.29 bits per heavy atom. The molecule has 0 bridgehead atoms. The van der Waals surface area contributed by atoms with Crippen LogP contribution in [-0.2, 0) is 10.0 Å². The molecule has 1 aromatic rings. The van der Waals surface area contributed by atoms with E-state index in [1.165, 1.54) is 11.3 Å². The monoisotopic (exact) mass is 395 g/mol. The molecule has 0 atom stereocenters. The molecule has 8 heteroatoms. The van der Waals surface area contributed by atoms with E-state index in [1.807, 2.05) is 13.8 Å². The van der Waals surface area contributed by atoms with Crippen LogP contribution in [0.15, 0.2) is 20.1 Å². The topological polar surface area (TPSA) is 66.6 Å². The van der Waals surface area contributed by atoms with Gasteiger partial charge < -0.3 is 10.6 Å². The Kier molecular flexibility index (Phi) is 5.49. The van der Waals surface area contributed by atoms with Crippen molar-refractivity contribution in [3.8, 4) is 0 Å². The molecule has 2 heterocycles. The Morgan fingerprint density at radius 3 is 2.57 bits per heavy atom. The van der Waals surface area contributed by atoms with Gasteiger partial charge in [-0.05, 0) is 54.9 Å². The minimum Gasteiger partial charge on any atom is -0.324 e. The summed E-state index contributed by atoms with van der Waals surface area (Å²) in [5, 5.41) is 0. The molecule has 1 aliphatic rings. The molecule has 0 amide bonds. The van der Waals surface area contributed by atoms with E-state index in [2.05, 4.69) is 20.8 Å². The van der Waals surface area contributed by atoms with E-state index in [1.54, 1.807) is 16.4 Å². The molecule has 0 saturated carbocycles. The van der Waals surface area contributed by atoms with E-state index in [0.717, 1.165) is 29.8 Å². The lowest BCUT2D eigenvalue weighted by Gasteiger charge is -2.28. The zero-order valence-corrected chi connectivity index (χ0v) is 15.6. The smallest absolute Gasteiger partial charge is 0.252 e. The summed E-state index contributed by atoms with van der Waals surface area (Å²) in [7, 11) is -3.37. The summed E-state index contributed by atoms with van der Waals surface area (Å²) in [6.45, 7) is 7.48. The molecule has 2 rings (SSSR count). The predicted molar refractivity (Wildman–Crippen MR) is 90.1 cm³/mol. The van der Waals surface area contributed by atoms with Gasteiger partial charge in [0.05, 0.1) is 3.79 Å². The van der Waals surface area contributed by atoms with Gasteiger partial charge in [-0.2, -0.15) is 4.31 Å². The van der Waals surface area contributed by atoms with Crippen LogP contribution in [0, 0.1) is 0 Å². The summed E-state index contributed by atoms with van der Waals surface area (Å²) in [6, 6.07) is 3.44. The van der Waals surface area contributed by atoms with E-state index in [-0.39, 0.29) is 5.54 Å². The Labute approximate surface area is 139 Å². The van der Waals surface area contributed by atoms with Crippen molar-refractivity contribution in [2.75, 3.05) is 32.7 Å². The maximum Gasteiger partial charge on any atom is 0.252 e. The molecule has 2 N–H and O–H groups in total. The molecular weight excluding hydrogens is 374 g/mol. The van der Waals surface area contributed by atoms with Crippen LogP contribution >= 0.6 is 27.3 Å². The maximum absolute atomic E-state index is 12.6. The average Bonchev–Trinajstić information content (AvgIpc) is 2.65. The highest BCUT2D eigenvalue weighted by Gasteiger charge is 2.29. The van der Waals surface area contributed by atoms with E-state index >= 15 is 0 Å². The molecule has 0 spiro atoms. The summed E-state index contributed by atoms with van der Waals surface area (Å²) in [5.74, 6) is 0. The van der Waals surface area contributed by atoms with Gasteiger partial charge in [-0.15, -0.1) is 11.3 Å². The first-order chi connectivity index (χ1) is 9.68. The standard InChI is InChI=1S/C13H22BrN3O2S2/c1-13(2,15)10-16-6-3-7-17(9-8-16)21(18,19)12-5-4-11(14)20-12/h4-5H,3,6-10,15H2,1-2H3. The van der Waals surface area contributed by atoms with Crippen LogP contribution in [-0.4, -0.2) is 55.9 Å². The van der Waals surface area contributed by atoms with Gasteiger partial charge in [0.2, 0.25) is 0 Å². The fraction of sp³-hybridized carbons (Fsp3) is 0.692. The summed E-state index contributed by atoms with van der Waals surface area (Å²) in [5.41, 5.74) is 5.80. The number of rotatable bonds is 4. The van der Waals surface area contributed by atoms with E-state index in [4.69, 9.17) is 5.73 Å². The van der Waals surface area contributed by atoms with Crippen LogP contribution in [0.4, 0.5) is 0 Å². The van der Waals surface area contributed by atoms with Crippen molar-refractivity contribution >= 4 is 37.3 Å². The van der Waals surface area contributed by atoms with Gasteiger partial charge in [0.15, 0.2) is 0 Å². The third-order valence-corrected chi connectivity index (χ3v) is 7.31. The molecule has 120 valence electrons. The van der Waals surface area contributed by atoms with Gasteiger partial charge in [0.1, 0.15) is 4.21 Å². The summed E-state index contributed by atoms with van der Waals surface area (Å²) < 4.78 is 28.1. The van der Waals surface area contributed by atoms with E-state index in [9.17, 15) is 8.42 Å². The zero-order chi connectivity index (χ0) is 15.7. The molecular formula is C13H22BrN3O2S2. The number of hydrogen-bond donors (Lipinski definition) is 1. The number of halogens is 1. The maximum atomic E-state index is 12.6. The zero-order valence-electron chi connectivity index (χ0n) is 12.4. The largest absolute Gasteiger partial charge is 0.324 e. The van der Waals surface area contributed by atoms with Crippen molar-refractivity contribution in [1.82, 2.24) is 9.21 Å². The SMILES string of the molecule is CC(C)(N)CN1CCCN(S(=O)(=O)c2ccc(Br)s2)CC1. The van der Waals surface area contributed by atoms with Crippen molar-refractivity contribution < 1.29 is 8.42 Å². The number of hydrogen-bond acceptors (Lipinski definition) is 5. The molecule has 21 heavy (non-hydrogen) atoms. The number of nitrogens with zero attached hydrogens (tertiary/aromatic N) is 2. The van der Waals surface area contributed by atoms with Gasteiger partial charge in [0, 0.05) is 31.7 Å². The van der Waals surface area contributed by atoms with Crippen LogP contribution in [0.5, 0.6) is 0 Å².